The average Bonchev–Trinajstić information content (AvgIpc) is 2.14. The number of allylic oxidation sites excluding steroid dienone is 2. The van der Waals surface area contributed by atoms with Crippen molar-refractivity contribution in [3.8, 4) is 0 Å². The first-order valence-corrected chi connectivity index (χ1v) is 6.71. The van der Waals surface area contributed by atoms with Gasteiger partial charge in [-0.15, -0.1) is 0 Å². The van der Waals surface area contributed by atoms with E-state index >= 15 is 0 Å². The Morgan fingerprint density at radius 2 is 1.40 bits per heavy atom. The van der Waals surface area contributed by atoms with Gasteiger partial charge in [0.15, 0.2) is 0 Å². The lowest BCUT2D eigenvalue weighted by atomic mass is 9.92. The molecule has 0 aliphatic carbocycles. The molecular formula is C15H30. The maximum atomic E-state index is 2.37. The van der Waals surface area contributed by atoms with E-state index in [1.54, 1.807) is 0 Å². The van der Waals surface area contributed by atoms with Crippen LogP contribution in [-0.2, 0) is 0 Å². The molecule has 0 aromatic rings. The molecule has 0 nitrogen and oxygen atoms in total. The second-order valence-electron chi connectivity index (χ2n) is 5.79. The molecule has 15 heavy (non-hydrogen) atoms. The Hall–Kier alpha value is -0.260. The predicted molar refractivity (Wildman–Crippen MR) is 71.2 cm³/mol. The van der Waals surface area contributed by atoms with Crippen LogP contribution in [0.15, 0.2) is 12.2 Å². The average molecular weight is 210 g/mol. The summed E-state index contributed by atoms with van der Waals surface area (Å²) in [4.78, 5) is 0. The van der Waals surface area contributed by atoms with Crippen molar-refractivity contribution < 1.29 is 0 Å². The fourth-order valence-corrected chi connectivity index (χ4v) is 1.60. The van der Waals surface area contributed by atoms with Crippen LogP contribution < -0.4 is 0 Å². The zero-order valence-electron chi connectivity index (χ0n) is 11.3. The van der Waals surface area contributed by atoms with Crippen LogP contribution in [0.4, 0.5) is 0 Å². The molecule has 0 heteroatoms. The maximum Gasteiger partial charge on any atom is -0.0302 e. The van der Waals surface area contributed by atoms with Crippen LogP contribution >= 0.6 is 0 Å². The highest BCUT2D eigenvalue weighted by Gasteiger charge is 2.05. The highest BCUT2D eigenvalue weighted by atomic mass is 14.1. The second-order valence-corrected chi connectivity index (χ2v) is 5.79. The third kappa shape index (κ3) is 13.7. The van der Waals surface area contributed by atoms with Crippen molar-refractivity contribution in [2.75, 3.05) is 0 Å². The van der Waals surface area contributed by atoms with Gasteiger partial charge in [-0.2, -0.15) is 0 Å². The fraction of sp³-hybridized carbons (Fsp3) is 0.867. The number of hydrogen-bond acceptors (Lipinski definition) is 0. The van der Waals surface area contributed by atoms with Gasteiger partial charge in [0, 0.05) is 0 Å². The van der Waals surface area contributed by atoms with Crippen LogP contribution in [0.2, 0.25) is 0 Å². The van der Waals surface area contributed by atoms with Gasteiger partial charge in [0.2, 0.25) is 0 Å². The normalized spacial score (nSPS) is 12.5. The van der Waals surface area contributed by atoms with E-state index in [0.717, 1.165) is 0 Å². The van der Waals surface area contributed by atoms with Crippen LogP contribution in [-0.4, -0.2) is 0 Å². The van der Waals surface area contributed by atoms with Crippen molar-refractivity contribution in [3.05, 3.63) is 12.2 Å². The molecular weight excluding hydrogens is 180 g/mol. The van der Waals surface area contributed by atoms with E-state index < -0.39 is 0 Å². The van der Waals surface area contributed by atoms with Crippen molar-refractivity contribution in [2.24, 2.45) is 5.41 Å². The van der Waals surface area contributed by atoms with Crippen molar-refractivity contribution >= 4 is 0 Å². The van der Waals surface area contributed by atoms with Gasteiger partial charge in [0.1, 0.15) is 0 Å². The molecule has 0 saturated carbocycles. The van der Waals surface area contributed by atoms with Crippen molar-refractivity contribution in [1.29, 1.82) is 0 Å². The quantitative estimate of drug-likeness (QED) is 0.354. The molecule has 0 amide bonds. The van der Waals surface area contributed by atoms with Crippen LogP contribution in [0.3, 0.4) is 0 Å². The van der Waals surface area contributed by atoms with Crippen molar-refractivity contribution in [3.63, 3.8) is 0 Å². The summed E-state index contributed by atoms with van der Waals surface area (Å²) in [7, 11) is 0. The third-order valence-electron chi connectivity index (χ3n) is 2.62. The van der Waals surface area contributed by atoms with Crippen LogP contribution in [0, 0.1) is 5.41 Å². The van der Waals surface area contributed by atoms with E-state index in [1.807, 2.05) is 0 Å². The molecule has 0 atom stereocenters. The van der Waals surface area contributed by atoms with Crippen molar-refractivity contribution in [1.82, 2.24) is 0 Å². The van der Waals surface area contributed by atoms with Gasteiger partial charge in [-0.3, -0.25) is 0 Å². The Kier molecular flexibility index (Phi) is 8.85. The smallest absolute Gasteiger partial charge is 0.0302 e. The lowest BCUT2D eigenvalue weighted by Gasteiger charge is -2.14. The van der Waals surface area contributed by atoms with Gasteiger partial charge in [-0.25, -0.2) is 0 Å². The summed E-state index contributed by atoms with van der Waals surface area (Å²) < 4.78 is 0. The standard InChI is InChI=1S/C15H30/c1-5-6-7-8-9-10-11-12-13-14-15(2,3)4/h12-13H,5-11,14H2,1-4H3/b13-12-. The molecule has 0 unspecified atom stereocenters. The monoisotopic (exact) mass is 210 g/mol. The number of unbranched alkanes of at least 4 members (excludes halogenated alkanes) is 6. The molecule has 0 heterocycles. The van der Waals surface area contributed by atoms with Crippen LogP contribution in [0.5, 0.6) is 0 Å². The molecule has 0 aliphatic rings. The minimum absolute atomic E-state index is 0.456. The summed E-state index contributed by atoms with van der Waals surface area (Å²) in [5.74, 6) is 0. The minimum atomic E-state index is 0.456. The SMILES string of the molecule is CCCCCCCC/C=C\CC(C)(C)C. The molecule has 0 rings (SSSR count). The predicted octanol–water partition coefficient (Wildman–Crippen LogP) is 5.73. The summed E-state index contributed by atoms with van der Waals surface area (Å²) in [5, 5.41) is 0. The topological polar surface area (TPSA) is 0 Å². The highest BCUT2D eigenvalue weighted by Crippen LogP contribution is 2.19. The zero-order valence-corrected chi connectivity index (χ0v) is 11.3. The first-order chi connectivity index (χ1) is 7.06. The lowest BCUT2D eigenvalue weighted by molar-refractivity contribution is 0.420. The maximum absolute atomic E-state index is 2.37. The molecule has 0 radical (unpaired) electrons. The summed E-state index contributed by atoms with van der Waals surface area (Å²) >= 11 is 0. The summed E-state index contributed by atoms with van der Waals surface area (Å²) in [5.41, 5.74) is 0.456. The summed E-state index contributed by atoms with van der Waals surface area (Å²) in [6.07, 6.45) is 15.6. The summed E-state index contributed by atoms with van der Waals surface area (Å²) in [6, 6.07) is 0. The van der Waals surface area contributed by atoms with E-state index in [1.165, 1.54) is 51.4 Å². The molecule has 0 aromatic carbocycles. The molecule has 0 aliphatic heterocycles. The van der Waals surface area contributed by atoms with Gasteiger partial charge in [-0.05, 0) is 24.7 Å². The third-order valence-corrected chi connectivity index (χ3v) is 2.62. The van der Waals surface area contributed by atoms with E-state index in [0.29, 0.717) is 5.41 Å². The fourth-order valence-electron chi connectivity index (χ4n) is 1.60. The Labute approximate surface area is 97.2 Å². The van der Waals surface area contributed by atoms with E-state index in [2.05, 4.69) is 39.8 Å². The van der Waals surface area contributed by atoms with Gasteiger partial charge in [-0.1, -0.05) is 72.0 Å². The summed E-state index contributed by atoms with van der Waals surface area (Å²) in [6.45, 7) is 9.15. The van der Waals surface area contributed by atoms with E-state index in [4.69, 9.17) is 0 Å². The molecule has 0 saturated heterocycles. The van der Waals surface area contributed by atoms with Crippen molar-refractivity contribution in [2.45, 2.75) is 79.1 Å². The van der Waals surface area contributed by atoms with Crippen LogP contribution in [0.1, 0.15) is 79.1 Å². The first kappa shape index (κ1) is 14.7. The van der Waals surface area contributed by atoms with E-state index in [-0.39, 0.29) is 0 Å². The largest absolute Gasteiger partial charge is 0.0885 e. The Morgan fingerprint density at radius 3 is 2.00 bits per heavy atom. The van der Waals surface area contributed by atoms with Gasteiger partial charge < -0.3 is 0 Å². The molecule has 0 N–H and O–H groups in total. The highest BCUT2D eigenvalue weighted by molar-refractivity contribution is 4.85. The van der Waals surface area contributed by atoms with E-state index in [9.17, 15) is 0 Å². The zero-order chi connectivity index (χ0) is 11.6. The molecule has 90 valence electrons. The second kappa shape index (κ2) is 9.00. The lowest BCUT2D eigenvalue weighted by Crippen LogP contribution is -2.01. The van der Waals surface area contributed by atoms with Gasteiger partial charge in [0.05, 0.1) is 0 Å². The Morgan fingerprint density at radius 1 is 0.800 bits per heavy atom. The molecule has 0 bridgehead atoms. The Balaban J connectivity index is 3.17. The molecule has 0 aromatic heterocycles. The number of hydrogen-bond donors (Lipinski definition) is 0. The van der Waals surface area contributed by atoms with Gasteiger partial charge >= 0.3 is 0 Å². The molecule has 0 fully saturated rings. The number of rotatable bonds is 8. The first-order valence-electron chi connectivity index (χ1n) is 6.71. The van der Waals surface area contributed by atoms with Gasteiger partial charge in [0.25, 0.3) is 0 Å². The molecule has 0 spiro atoms. The minimum Gasteiger partial charge on any atom is -0.0885 e. The Bertz CT molecular complexity index is 148. The van der Waals surface area contributed by atoms with Crippen LogP contribution in [0.25, 0.3) is 0 Å².